The fraction of sp³-hybridized carbons (Fsp3) is 0.208. The van der Waals surface area contributed by atoms with Gasteiger partial charge in [0.1, 0.15) is 16.4 Å². The summed E-state index contributed by atoms with van der Waals surface area (Å²) in [4.78, 5) is 41.9. The van der Waals surface area contributed by atoms with Crippen molar-refractivity contribution in [2.75, 3.05) is 0 Å². The molecule has 0 unspecified atom stereocenters. The van der Waals surface area contributed by atoms with Gasteiger partial charge in [-0.15, -0.1) is 0 Å². The minimum Gasteiger partial charge on any atom is -0.427 e. The summed E-state index contributed by atoms with van der Waals surface area (Å²) in [7, 11) is 0. The number of carbonyl (C=O) groups is 1. The van der Waals surface area contributed by atoms with E-state index in [1.807, 2.05) is 51.1 Å². The van der Waals surface area contributed by atoms with Crippen LogP contribution >= 0.6 is 0 Å². The van der Waals surface area contributed by atoms with Gasteiger partial charge in [0, 0.05) is 0 Å². The second-order valence-electron chi connectivity index (χ2n) is 8.22. The number of esters is 1. The average molecular weight is 404 g/mol. The third kappa shape index (κ3) is 5.91. The van der Waals surface area contributed by atoms with Crippen molar-refractivity contribution < 1.29 is 9.53 Å². The Morgan fingerprint density at radius 3 is 1.83 bits per heavy atom. The van der Waals surface area contributed by atoms with E-state index in [4.69, 9.17) is 4.74 Å². The zero-order valence-electron chi connectivity index (χ0n) is 17.2. The fourth-order valence-electron chi connectivity index (χ4n) is 2.81. The van der Waals surface area contributed by atoms with Crippen molar-refractivity contribution in [2.45, 2.75) is 27.2 Å². The van der Waals surface area contributed by atoms with Crippen molar-refractivity contribution >= 4 is 18.1 Å². The maximum atomic E-state index is 12.4. The van der Waals surface area contributed by atoms with Gasteiger partial charge in [0.2, 0.25) is 0 Å². The molecule has 3 rings (SSSR count). The van der Waals surface area contributed by atoms with Crippen molar-refractivity contribution in [3.05, 3.63) is 97.1 Å². The van der Waals surface area contributed by atoms with E-state index in [2.05, 4.69) is 9.97 Å². The predicted molar refractivity (Wildman–Crippen MR) is 117 cm³/mol. The molecule has 0 amide bonds. The molecule has 1 aromatic heterocycles. The number of aromatic amines is 2. The van der Waals surface area contributed by atoms with Gasteiger partial charge in [-0.2, -0.15) is 0 Å². The first-order chi connectivity index (χ1) is 14.2. The molecule has 2 aromatic carbocycles. The van der Waals surface area contributed by atoms with E-state index in [0.29, 0.717) is 17.7 Å². The van der Waals surface area contributed by atoms with Gasteiger partial charge >= 0.3 is 5.97 Å². The van der Waals surface area contributed by atoms with Crippen LogP contribution in [0.5, 0.6) is 5.75 Å². The van der Waals surface area contributed by atoms with Crippen LogP contribution in [0.3, 0.4) is 0 Å². The van der Waals surface area contributed by atoms with Gasteiger partial charge in [-0.25, -0.2) is 0 Å². The van der Waals surface area contributed by atoms with Crippen LogP contribution in [0.1, 0.15) is 38.3 Å². The highest BCUT2D eigenvalue weighted by Gasteiger charge is 2.17. The molecule has 0 atom stereocenters. The number of aromatic nitrogens is 2. The summed E-state index contributed by atoms with van der Waals surface area (Å²) in [6.07, 6.45) is 3.49. The largest absolute Gasteiger partial charge is 0.427 e. The molecule has 154 valence electrons. The quantitative estimate of drug-likeness (QED) is 0.514. The maximum Gasteiger partial charge on any atom is 0.311 e. The lowest BCUT2D eigenvalue weighted by Crippen LogP contribution is -2.46. The molecule has 0 radical (unpaired) electrons. The van der Waals surface area contributed by atoms with Crippen LogP contribution in [0.15, 0.2) is 64.2 Å². The van der Waals surface area contributed by atoms with Crippen molar-refractivity contribution in [3.63, 3.8) is 0 Å². The number of hydrogen-bond donors (Lipinski definition) is 2. The van der Waals surface area contributed by atoms with Gasteiger partial charge in [-0.1, -0.05) is 63.2 Å². The number of ether oxygens (including phenoxy) is 1. The summed E-state index contributed by atoms with van der Waals surface area (Å²) in [5, 5.41) is 0.326. The molecule has 0 aliphatic rings. The van der Waals surface area contributed by atoms with Gasteiger partial charge in [-0.3, -0.25) is 14.4 Å². The molecule has 0 fully saturated rings. The van der Waals surface area contributed by atoms with E-state index < -0.39 is 11.1 Å². The molecular weight excluding hydrogens is 380 g/mol. The zero-order valence-corrected chi connectivity index (χ0v) is 17.2. The number of carbonyl (C=O) groups excluding carboxylic acids is 1. The Morgan fingerprint density at radius 2 is 1.33 bits per heavy atom. The number of benzene rings is 2. The molecule has 3 aromatic rings. The van der Waals surface area contributed by atoms with E-state index in [1.54, 1.807) is 36.4 Å². The molecule has 0 aliphatic carbocycles. The van der Waals surface area contributed by atoms with Crippen molar-refractivity contribution in [1.29, 1.82) is 0 Å². The SMILES string of the molecule is CC(C)(C)CC(=O)Oc1ccc(/C=c2\[nH]c(=O)/c(=C/c3ccccc3)[nH]c2=O)cc1. The van der Waals surface area contributed by atoms with Gasteiger partial charge in [0.25, 0.3) is 11.1 Å². The van der Waals surface area contributed by atoms with Gasteiger partial charge in [0.05, 0.1) is 6.42 Å². The van der Waals surface area contributed by atoms with Gasteiger partial charge in [0.15, 0.2) is 0 Å². The first-order valence-electron chi connectivity index (χ1n) is 9.61. The highest BCUT2D eigenvalue weighted by Crippen LogP contribution is 2.20. The minimum absolute atomic E-state index is 0.141. The van der Waals surface area contributed by atoms with E-state index >= 15 is 0 Å². The maximum absolute atomic E-state index is 12.4. The Balaban J connectivity index is 1.84. The number of H-pyrrole nitrogens is 2. The Morgan fingerprint density at radius 1 is 0.833 bits per heavy atom. The van der Waals surface area contributed by atoms with Crippen molar-refractivity contribution in [3.8, 4) is 5.75 Å². The third-order valence-corrected chi connectivity index (χ3v) is 4.19. The summed E-state index contributed by atoms with van der Waals surface area (Å²) >= 11 is 0. The third-order valence-electron chi connectivity index (χ3n) is 4.19. The van der Waals surface area contributed by atoms with Crippen LogP contribution in [0.25, 0.3) is 12.2 Å². The summed E-state index contributed by atoms with van der Waals surface area (Å²) in [5.74, 6) is 0.127. The van der Waals surface area contributed by atoms with Crippen LogP contribution in [-0.4, -0.2) is 15.9 Å². The summed E-state index contributed by atoms with van der Waals surface area (Å²) in [5.41, 5.74) is 0.551. The summed E-state index contributed by atoms with van der Waals surface area (Å²) in [6.45, 7) is 5.90. The van der Waals surface area contributed by atoms with E-state index in [0.717, 1.165) is 5.56 Å². The topological polar surface area (TPSA) is 92.0 Å². The molecule has 30 heavy (non-hydrogen) atoms. The van der Waals surface area contributed by atoms with E-state index in [9.17, 15) is 14.4 Å². The van der Waals surface area contributed by atoms with Gasteiger partial charge < -0.3 is 14.7 Å². The number of hydrogen-bond acceptors (Lipinski definition) is 4. The molecule has 0 bridgehead atoms. The lowest BCUT2D eigenvalue weighted by molar-refractivity contribution is -0.136. The zero-order chi connectivity index (χ0) is 21.7. The fourth-order valence-corrected chi connectivity index (χ4v) is 2.81. The lowest BCUT2D eigenvalue weighted by atomic mass is 9.92. The van der Waals surface area contributed by atoms with E-state index in [1.165, 1.54) is 0 Å². The Labute approximate surface area is 173 Å². The number of rotatable bonds is 4. The molecule has 0 aliphatic heterocycles. The summed E-state index contributed by atoms with van der Waals surface area (Å²) in [6, 6.07) is 16.0. The van der Waals surface area contributed by atoms with E-state index in [-0.39, 0.29) is 22.1 Å². The first kappa shape index (κ1) is 21.0. The van der Waals surface area contributed by atoms with Crippen LogP contribution in [-0.2, 0) is 4.79 Å². The normalized spacial score (nSPS) is 12.8. The second kappa shape index (κ2) is 8.78. The minimum atomic E-state index is -0.405. The molecule has 0 spiro atoms. The molecule has 0 saturated heterocycles. The Hall–Kier alpha value is -3.67. The second-order valence-corrected chi connectivity index (χ2v) is 8.22. The molecule has 1 heterocycles. The highest BCUT2D eigenvalue weighted by molar-refractivity contribution is 5.73. The van der Waals surface area contributed by atoms with Crippen LogP contribution in [0, 0.1) is 5.41 Å². The molecular formula is C24H24N2O4. The van der Waals surface area contributed by atoms with Crippen LogP contribution in [0.2, 0.25) is 0 Å². The average Bonchev–Trinajstić information content (AvgIpc) is 2.66. The Kier molecular flexibility index (Phi) is 6.16. The first-order valence-corrected chi connectivity index (χ1v) is 9.61. The number of nitrogens with one attached hydrogen (secondary N) is 2. The molecule has 0 saturated carbocycles. The lowest BCUT2D eigenvalue weighted by Gasteiger charge is -2.16. The molecule has 2 N–H and O–H groups in total. The smallest absolute Gasteiger partial charge is 0.311 e. The summed E-state index contributed by atoms with van der Waals surface area (Å²) < 4.78 is 5.33. The van der Waals surface area contributed by atoms with Gasteiger partial charge in [-0.05, 0) is 40.8 Å². The van der Waals surface area contributed by atoms with Crippen LogP contribution in [0.4, 0.5) is 0 Å². The predicted octanol–water partition coefficient (Wildman–Crippen LogP) is 2.06. The van der Waals surface area contributed by atoms with Crippen molar-refractivity contribution in [1.82, 2.24) is 9.97 Å². The molecule has 6 heteroatoms. The molecule has 6 nitrogen and oxygen atoms in total. The van der Waals surface area contributed by atoms with Crippen molar-refractivity contribution in [2.24, 2.45) is 5.41 Å². The highest BCUT2D eigenvalue weighted by atomic mass is 16.5. The Bertz CT molecular complexity index is 1260. The standard InChI is InChI=1S/C24H24N2O4/c1-24(2,3)15-21(27)30-18-11-9-17(10-12-18)14-20-23(29)25-19(22(28)26-20)13-16-7-5-4-6-8-16/h4-14H,15H2,1-3H3,(H,25,29)(H,26,28)/b19-13-,20-14-. The van der Waals surface area contributed by atoms with Crippen LogP contribution < -0.4 is 26.6 Å². The monoisotopic (exact) mass is 404 g/mol.